The quantitative estimate of drug-likeness (QED) is 0.758. The van der Waals surface area contributed by atoms with Crippen molar-refractivity contribution in [3.63, 3.8) is 0 Å². The maximum Gasteiger partial charge on any atom is 0.248 e. The molecule has 2 aromatic carbocycles. The van der Waals surface area contributed by atoms with E-state index in [2.05, 4.69) is 70.9 Å². The number of nitrogens with zero attached hydrogens (tertiary/aromatic N) is 2. The van der Waals surface area contributed by atoms with Crippen LogP contribution in [0.15, 0.2) is 60.7 Å². The van der Waals surface area contributed by atoms with Gasteiger partial charge in [-0.1, -0.05) is 60.7 Å². The Labute approximate surface area is 191 Å². The number of methoxy groups -OCH3 is 1. The van der Waals surface area contributed by atoms with Gasteiger partial charge in [0.2, 0.25) is 5.91 Å². The van der Waals surface area contributed by atoms with Crippen LogP contribution in [0.5, 0.6) is 0 Å². The molecule has 2 aliphatic rings. The summed E-state index contributed by atoms with van der Waals surface area (Å²) < 4.78 is 5.05. The average molecular weight is 452 g/mol. The number of amides is 1. The van der Waals surface area contributed by atoms with E-state index in [0.29, 0.717) is 18.0 Å². The molecule has 164 valence electrons. The summed E-state index contributed by atoms with van der Waals surface area (Å²) >= 11 is 0. The lowest BCUT2D eigenvalue weighted by Gasteiger charge is -2.50. The van der Waals surface area contributed by atoms with Gasteiger partial charge in [-0.15, -0.1) is 24.8 Å². The zero-order chi connectivity index (χ0) is 19.3. The molecule has 2 aliphatic heterocycles. The summed E-state index contributed by atoms with van der Waals surface area (Å²) in [7, 11) is 1.58. The van der Waals surface area contributed by atoms with E-state index in [0.717, 1.165) is 32.7 Å². The molecule has 30 heavy (non-hydrogen) atoms. The Morgan fingerprint density at radius 2 is 1.60 bits per heavy atom. The first-order valence-electron chi connectivity index (χ1n) is 10.1. The van der Waals surface area contributed by atoms with Gasteiger partial charge in [-0.2, -0.15) is 0 Å². The van der Waals surface area contributed by atoms with Crippen molar-refractivity contribution in [3.8, 4) is 0 Å². The van der Waals surface area contributed by atoms with E-state index in [1.807, 2.05) is 4.90 Å². The van der Waals surface area contributed by atoms with Gasteiger partial charge < -0.3 is 15.0 Å². The topological polar surface area (TPSA) is 44.8 Å². The number of rotatable bonds is 5. The van der Waals surface area contributed by atoms with Gasteiger partial charge in [-0.25, -0.2) is 0 Å². The third-order valence-electron chi connectivity index (χ3n) is 6.01. The minimum absolute atomic E-state index is 0. The third kappa shape index (κ3) is 5.34. The van der Waals surface area contributed by atoms with Gasteiger partial charge in [0.05, 0.1) is 0 Å². The van der Waals surface area contributed by atoms with E-state index in [1.165, 1.54) is 11.1 Å². The minimum Gasteiger partial charge on any atom is -0.375 e. The Bertz CT molecular complexity index is 739. The van der Waals surface area contributed by atoms with Crippen LogP contribution in [0.1, 0.15) is 17.0 Å². The van der Waals surface area contributed by atoms with E-state index >= 15 is 0 Å². The second-order valence-electron chi connectivity index (χ2n) is 7.69. The molecule has 2 saturated heterocycles. The predicted molar refractivity (Wildman–Crippen MR) is 125 cm³/mol. The first-order valence-corrected chi connectivity index (χ1v) is 10.1. The molecular formula is C23H31Cl2N3O2. The first kappa shape index (κ1) is 24.6. The van der Waals surface area contributed by atoms with Crippen LogP contribution >= 0.6 is 24.8 Å². The van der Waals surface area contributed by atoms with Crippen molar-refractivity contribution in [2.24, 2.45) is 0 Å². The summed E-state index contributed by atoms with van der Waals surface area (Å²) in [6.45, 7) is 4.48. The highest BCUT2D eigenvalue weighted by molar-refractivity contribution is 5.85. The van der Waals surface area contributed by atoms with Crippen molar-refractivity contribution in [3.05, 3.63) is 71.8 Å². The third-order valence-corrected chi connectivity index (χ3v) is 6.01. The van der Waals surface area contributed by atoms with Gasteiger partial charge in [0.25, 0.3) is 0 Å². The van der Waals surface area contributed by atoms with Crippen molar-refractivity contribution >= 4 is 30.7 Å². The number of hydrogen-bond donors (Lipinski definition) is 1. The Morgan fingerprint density at radius 3 is 2.17 bits per heavy atom. The molecule has 0 saturated carbocycles. The van der Waals surface area contributed by atoms with E-state index < -0.39 is 0 Å². The summed E-state index contributed by atoms with van der Waals surface area (Å²) in [4.78, 5) is 16.9. The summed E-state index contributed by atoms with van der Waals surface area (Å²) in [5.74, 6) is 0.394. The van der Waals surface area contributed by atoms with Crippen molar-refractivity contribution in [2.75, 3.05) is 46.4 Å². The van der Waals surface area contributed by atoms with Gasteiger partial charge in [-0.05, 0) is 11.1 Å². The summed E-state index contributed by atoms with van der Waals surface area (Å²) in [6, 6.07) is 22.3. The fourth-order valence-corrected chi connectivity index (χ4v) is 4.71. The highest BCUT2D eigenvalue weighted by Gasteiger charge is 2.40. The second-order valence-corrected chi connectivity index (χ2v) is 7.69. The Balaban J connectivity index is 0.00000160. The molecule has 1 amide bonds. The van der Waals surface area contributed by atoms with Crippen molar-refractivity contribution in [1.29, 1.82) is 0 Å². The molecule has 1 N–H and O–H groups in total. The van der Waals surface area contributed by atoms with Gasteiger partial charge in [0.1, 0.15) is 6.61 Å². The normalized spacial score (nSPS) is 21.3. The SMILES string of the molecule is COCC(=O)N1CCN2C(C(c3ccccc3)c3ccccc3)CNC[C@@H]2C1.Cl.Cl. The number of benzene rings is 2. The summed E-state index contributed by atoms with van der Waals surface area (Å²) in [6.07, 6.45) is 0. The molecule has 7 heteroatoms. The average Bonchev–Trinajstić information content (AvgIpc) is 2.75. The first-order chi connectivity index (χ1) is 13.8. The highest BCUT2D eigenvalue weighted by atomic mass is 35.5. The van der Waals surface area contributed by atoms with Crippen molar-refractivity contribution < 1.29 is 9.53 Å². The van der Waals surface area contributed by atoms with Crippen LogP contribution in [0, 0.1) is 0 Å². The molecular weight excluding hydrogens is 421 g/mol. The van der Waals surface area contributed by atoms with Crippen LogP contribution in [0.25, 0.3) is 0 Å². The Kier molecular flexibility index (Phi) is 9.59. The number of fused-ring (bicyclic) bond motifs is 1. The summed E-state index contributed by atoms with van der Waals surface area (Å²) in [5.41, 5.74) is 2.69. The maximum absolute atomic E-state index is 12.3. The predicted octanol–water partition coefficient (Wildman–Crippen LogP) is 2.79. The molecule has 0 bridgehead atoms. The number of ether oxygens (including phenoxy) is 1. The lowest BCUT2D eigenvalue weighted by atomic mass is 9.82. The number of halogens is 2. The molecule has 2 heterocycles. The zero-order valence-electron chi connectivity index (χ0n) is 17.3. The van der Waals surface area contributed by atoms with Crippen LogP contribution in [0.4, 0.5) is 0 Å². The van der Waals surface area contributed by atoms with Crippen LogP contribution in [0.2, 0.25) is 0 Å². The van der Waals surface area contributed by atoms with E-state index in [9.17, 15) is 4.79 Å². The second kappa shape index (κ2) is 11.7. The van der Waals surface area contributed by atoms with Crippen LogP contribution in [0.3, 0.4) is 0 Å². The number of carbonyl (C=O) groups excluding carboxylic acids is 1. The molecule has 4 rings (SSSR count). The van der Waals surface area contributed by atoms with E-state index in [1.54, 1.807) is 7.11 Å². The van der Waals surface area contributed by atoms with Crippen molar-refractivity contribution in [1.82, 2.24) is 15.1 Å². The number of piperazine rings is 2. The fourth-order valence-electron chi connectivity index (χ4n) is 4.71. The zero-order valence-corrected chi connectivity index (χ0v) is 18.9. The molecule has 0 spiro atoms. The van der Waals surface area contributed by atoms with Crippen molar-refractivity contribution in [2.45, 2.75) is 18.0 Å². The van der Waals surface area contributed by atoms with Crippen LogP contribution in [-0.2, 0) is 9.53 Å². The summed E-state index contributed by atoms with van der Waals surface area (Å²) in [5, 5.41) is 3.63. The molecule has 2 fully saturated rings. The molecule has 2 aromatic rings. The van der Waals surface area contributed by atoms with Gasteiger partial charge in [0, 0.05) is 57.8 Å². The molecule has 5 nitrogen and oxygen atoms in total. The van der Waals surface area contributed by atoms with Gasteiger partial charge in [0.15, 0.2) is 0 Å². The smallest absolute Gasteiger partial charge is 0.248 e. The minimum atomic E-state index is 0. The molecule has 0 radical (unpaired) electrons. The van der Waals surface area contributed by atoms with Crippen LogP contribution in [-0.4, -0.2) is 74.2 Å². The lowest BCUT2D eigenvalue weighted by molar-refractivity contribution is -0.139. The standard InChI is InChI=1S/C23H29N3O2.2ClH/c1-28-17-22(27)25-12-13-26-20(16-25)14-24-15-21(26)23(18-8-4-2-5-9-18)19-10-6-3-7-11-19;;/h2-11,20-21,23-24H,12-17H2,1H3;2*1H/t20-,21?;;/m1../s1. The van der Waals surface area contributed by atoms with E-state index in [4.69, 9.17) is 4.74 Å². The van der Waals surface area contributed by atoms with Gasteiger partial charge in [-0.3, -0.25) is 9.69 Å². The number of hydrogen-bond acceptors (Lipinski definition) is 4. The van der Waals surface area contributed by atoms with Crippen LogP contribution < -0.4 is 5.32 Å². The maximum atomic E-state index is 12.3. The fraction of sp³-hybridized carbons (Fsp3) is 0.435. The number of carbonyl (C=O) groups is 1. The largest absolute Gasteiger partial charge is 0.375 e. The molecule has 0 aliphatic carbocycles. The van der Waals surface area contributed by atoms with Gasteiger partial charge >= 0.3 is 0 Å². The van der Waals surface area contributed by atoms with E-state index in [-0.39, 0.29) is 37.3 Å². The number of nitrogens with one attached hydrogen (secondary N) is 1. The molecule has 0 aromatic heterocycles. The highest BCUT2D eigenvalue weighted by Crippen LogP contribution is 2.33. The Hall–Kier alpha value is -1.63. The monoisotopic (exact) mass is 451 g/mol. The molecule has 1 unspecified atom stereocenters. The molecule has 2 atom stereocenters. The Morgan fingerprint density at radius 1 is 1.00 bits per heavy atom. The lowest BCUT2D eigenvalue weighted by Crippen LogP contribution is -2.67.